The van der Waals surface area contributed by atoms with E-state index < -0.39 is 0 Å². The zero-order valence-electron chi connectivity index (χ0n) is 13.3. The van der Waals surface area contributed by atoms with Crippen LogP contribution in [0.1, 0.15) is 20.7 Å². The maximum Gasteiger partial charge on any atom is 0.261 e. The number of aliphatic hydroxyl groups is 1. The van der Waals surface area contributed by atoms with E-state index in [1.54, 1.807) is 36.4 Å². The highest BCUT2D eigenvalue weighted by atomic mass is 16.3. The summed E-state index contributed by atoms with van der Waals surface area (Å²) in [6, 6.07) is 6.88. The van der Waals surface area contributed by atoms with Crippen LogP contribution in [0.4, 0.5) is 0 Å². The van der Waals surface area contributed by atoms with E-state index in [0.29, 0.717) is 48.3 Å². The molecule has 2 amide bonds. The molecular weight excluding hydrogens is 292 g/mol. The van der Waals surface area contributed by atoms with Gasteiger partial charge in [-0.05, 0) is 24.3 Å². The molecule has 2 rings (SSSR count). The number of hydrogen-bond donors (Lipinski definition) is 1. The van der Waals surface area contributed by atoms with Gasteiger partial charge in [-0.3, -0.25) is 14.5 Å². The Labute approximate surface area is 136 Å². The summed E-state index contributed by atoms with van der Waals surface area (Å²) in [7, 11) is 0. The van der Waals surface area contributed by atoms with Crippen LogP contribution >= 0.6 is 0 Å². The smallest absolute Gasteiger partial charge is 0.261 e. The van der Waals surface area contributed by atoms with Crippen LogP contribution in [0.3, 0.4) is 0 Å². The SMILES string of the molecule is C=CC[N+](CC=C)(CCO)CCN1C(=O)c2ccccc2C1=O. The third kappa shape index (κ3) is 3.41. The third-order valence-electron chi connectivity index (χ3n) is 4.28. The van der Waals surface area contributed by atoms with Gasteiger partial charge in [-0.15, -0.1) is 0 Å². The molecule has 1 aromatic rings. The number of nitrogens with zero attached hydrogens (tertiary/aromatic N) is 2. The van der Waals surface area contributed by atoms with Gasteiger partial charge in [0.15, 0.2) is 0 Å². The number of hydrogen-bond acceptors (Lipinski definition) is 3. The largest absolute Gasteiger partial charge is 0.391 e. The number of amides is 2. The Balaban J connectivity index is 2.15. The number of quaternary nitrogens is 1. The van der Waals surface area contributed by atoms with E-state index in [-0.39, 0.29) is 18.4 Å². The van der Waals surface area contributed by atoms with Crippen molar-refractivity contribution in [3.05, 3.63) is 60.7 Å². The van der Waals surface area contributed by atoms with Crippen LogP contribution in [0.25, 0.3) is 0 Å². The number of aliphatic hydroxyl groups excluding tert-OH is 1. The molecule has 23 heavy (non-hydrogen) atoms. The van der Waals surface area contributed by atoms with E-state index in [9.17, 15) is 14.7 Å². The molecule has 0 fully saturated rings. The maximum atomic E-state index is 12.4. The molecule has 1 aliphatic rings. The molecule has 0 aliphatic carbocycles. The molecule has 0 saturated carbocycles. The number of imide groups is 1. The minimum Gasteiger partial charge on any atom is -0.391 e. The summed E-state index contributed by atoms with van der Waals surface area (Å²) in [4.78, 5) is 26.1. The zero-order valence-corrected chi connectivity index (χ0v) is 13.3. The molecule has 5 heteroatoms. The van der Waals surface area contributed by atoms with Crippen LogP contribution in [-0.4, -0.2) is 65.6 Å². The highest BCUT2D eigenvalue weighted by Crippen LogP contribution is 2.22. The Hall–Kier alpha value is -2.24. The lowest BCUT2D eigenvalue weighted by atomic mass is 10.1. The van der Waals surface area contributed by atoms with Gasteiger partial charge in [-0.1, -0.05) is 25.3 Å². The average Bonchev–Trinajstić information content (AvgIpc) is 2.78. The predicted octanol–water partition coefficient (Wildman–Crippen LogP) is 1.46. The van der Waals surface area contributed by atoms with Crippen molar-refractivity contribution in [2.24, 2.45) is 0 Å². The molecule has 122 valence electrons. The molecule has 0 aromatic heterocycles. The maximum absolute atomic E-state index is 12.4. The molecule has 5 nitrogen and oxygen atoms in total. The number of carbonyl (C=O) groups excluding carboxylic acids is 2. The summed E-state index contributed by atoms with van der Waals surface area (Å²) in [5.74, 6) is -0.491. The van der Waals surface area contributed by atoms with Crippen molar-refractivity contribution < 1.29 is 19.2 Å². The number of carbonyl (C=O) groups is 2. The van der Waals surface area contributed by atoms with Crippen LogP contribution < -0.4 is 0 Å². The second-order valence-electron chi connectivity index (χ2n) is 5.76. The van der Waals surface area contributed by atoms with Crippen LogP contribution in [0.15, 0.2) is 49.6 Å². The molecular formula is C18H23N2O3+. The fourth-order valence-corrected chi connectivity index (χ4v) is 3.07. The topological polar surface area (TPSA) is 57.6 Å². The van der Waals surface area contributed by atoms with E-state index >= 15 is 0 Å². The third-order valence-corrected chi connectivity index (χ3v) is 4.28. The van der Waals surface area contributed by atoms with Crippen molar-refractivity contribution >= 4 is 11.8 Å². The predicted molar refractivity (Wildman–Crippen MR) is 89.0 cm³/mol. The fraction of sp³-hybridized carbons (Fsp3) is 0.333. The summed E-state index contributed by atoms with van der Waals surface area (Å²) in [6.45, 7) is 10.3. The van der Waals surface area contributed by atoms with Gasteiger partial charge in [-0.2, -0.15) is 0 Å². The van der Waals surface area contributed by atoms with Crippen molar-refractivity contribution in [1.29, 1.82) is 0 Å². The quantitative estimate of drug-likeness (QED) is 0.426. The van der Waals surface area contributed by atoms with E-state index in [2.05, 4.69) is 13.2 Å². The van der Waals surface area contributed by atoms with Crippen molar-refractivity contribution in [3.8, 4) is 0 Å². The van der Waals surface area contributed by atoms with Crippen molar-refractivity contribution in [2.45, 2.75) is 0 Å². The van der Waals surface area contributed by atoms with Gasteiger partial charge < -0.3 is 9.59 Å². The normalized spacial score (nSPS) is 14.0. The highest BCUT2D eigenvalue weighted by Gasteiger charge is 2.37. The Bertz CT molecular complexity index is 579. The van der Waals surface area contributed by atoms with Crippen molar-refractivity contribution in [2.75, 3.05) is 39.3 Å². The lowest BCUT2D eigenvalue weighted by molar-refractivity contribution is -0.916. The average molecular weight is 315 g/mol. The molecule has 0 spiro atoms. The standard InChI is InChI=1S/C18H23N2O3/c1-3-10-20(11-4-2,13-14-21)12-9-19-17(22)15-7-5-6-8-16(15)18(19)23/h3-8,21H,1-2,9-14H2/q+1. The molecule has 1 N–H and O–H groups in total. The van der Waals surface area contributed by atoms with Gasteiger partial charge in [0.25, 0.3) is 11.8 Å². The van der Waals surface area contributed by atoms with Crippen molar-refractivity contribution in [3.63, 3.8) is 0 Å². The zero-order chi connectivity index (χ0) is 16.9. The van der Waals surface area contributed by atoms with Crippen LogP contribution in [0.2, 0.25) is 0 Å². The number of rotatable bonds is 9. The summed E-state index contributed by atoms with van der Waals surface area (Å²) < 4.78 is 0.525. The summed E-state index contributed by atoms with van der Waals surface area (Å²) >= 11 is 0. The molecule has 0 atom stereocenters. The second kappa shape index (κ2) is 7.35. The molecule has 0 bridgehead atoms. The molecule has 1 heterocycles. The minimum absolute atomic E-state index is 0.0315. The van der Waals surface area contributed by atoms with E-state index in [4.69, 9.17) is 0 Å². The van der Waals surface area contributed by atoms with E-state index in [1.807, 2.05) is 0 Å². The fourth-order valence-electron chi connectivity index (χ4n) is 3.07. The Morgan fingerprint density at radius 1 is 1.00 bits per heavy atom. The molecule has 0 unspecified atom stereocenters. The van der Waals surface area contributed by atoms with E-state index in [0.717, 1.165) is 0 Å². The van der Waals surface area contributed by atoms with Crippen molar-refractivity contribution in [1.82, 2.24) is 4.90 Å². The van der Waals surface area contributed by atoms with Crippen LogP contribution in [0.5, 0.6) is 0 Å². The van der Waals surface area contributed by atoms with Gasteiger partial charge in [0.1, 0.15) is 6.54 Å². The molecule has 0 saturated heterocycles. The van der Waals surface area contributed by atoms with Gasteiger partial charge in [-0.25, -0.2) is 0 Å². The molecule has 0 radical (unpaired) electrons. The number of fused-ring (bicyclic) bond motifs is 1. The van der Waals surface area contributed by atoms with Crippen LogP contribution in [0, 0.1) is 0 Å². The Morgan fingerprint density at radius 2 is 1.52 bits per heavy atom. The summed E-state index contributed by atoms with van der Waals surface area (Å²) in [5, 5.41) is 9.36. The first kappa shape index (κ1) is 17.1. The summed E-state index contributed by atoms with van der Waals surface area (Å²) in [5.41, 5.74) is 0.926. The second-order valence-corrected chi connectivity index (χ2v) is 5.76. The first-order valence-electron chi connectivity index (χ1n) is 7.71. The molecule has 1 aromatic carbocycles. The van der Waals surface area contributed by atoms with Crippen LogP contribution in [-0.2, 0) is 0 Å². The first-order chi connectivity index (χ1) is 11.1. The number of benzene rings is 1. The first-order valence-corrected chi connectivity index (χ1v) is 7.71. The summed E-state index contributed by atoms with van der Waals surface area (Å²) in [6.07, 6.45) is 3.59. The monoisotopic (exact) mass is 315 g/mol. The van der Waals surface area contributed by atoms with Gasteiger partial charge >= 0.3 is 0 Å². The Morgan fingerprint density at radius 3 is 1.96 bits per heavy atom. The lowest BCUT2D eigenvalue weighted by Crippen LogP contribution is -2.54. The minimum atomic E-state index is -0.245. The Kier molecular flexibility index (Phi) is 5.47. The lowest BCUT2D eigenvalue weighted by Gasteiger charge is -2.37. The van der Waals surface area contributed by atoms with Gasteiger partial charge in [0.05, 0.1) is 43.9 Å². The van der Waals surface area contributed by atoms with E-state index in [1.165, 1.54) is 4.90 Å². The van der Waals surface area contributed by atoms with Gasteiger partial charge in [0, 0.05) is 0 Å². The molecule has 1 aliphatic heterocycles. The van der Waals surface area contributed by atoms with Gasteiger partial charge in [0.2, 0.25) is 0 Å². The highest BCUT2D eigenvalue weighted by molar-refractivity contribution is 6.21.